The molecule has 2 aliphatic heterocycles. The third-order valence-electron chi connectivity index (χ3n) is 3.56. The van der Waals surface area contributed by atoms with E-state index in [1.807, 2.05) is 11.8 Å². The van der Waals surface area contributed by atoms with Crippen LogP contribution in [0.5, 0.6) is 0 Å². The van der Waals surface area contributed by atoms with Crippen LogP contribution in [-0.4, -0.2) is 36.0 Å². The zero-order chi connectivity index (χ0) is 11.4. The maximum absolute atomic E-state index is 12.1. The molecule has 0 aromatic heterocycles. The fraction of sp³-hybridized carbons (Fsp3) is 0.917. The highest BCUT2D eigenvalue weighted by Crippen LogP contribution is 2.20. The zero-order valence-electron chi connectivity index (χ0n) is 10.00. The first-order valence-corrected chi connectivity index (χ1v) is 7.52. The van der Waals surface area contributed by atoms with Gasteiger partial charge in [0, 0.05) is 18.0 Å². The number of nitrogens with one attached hydrogen (secondary N) is 2. The molecule has 2 saturated heterocycles. The summed E-state index contributed by atoms with van der Waals surface area (Å²) in [6.45, 7) is 3.15. The van der Waals surface area contributed by atoms with Crippen LogP contribution in [-0.2, 0) is 4.79 Å². The Morgan fingerprint density at radius 2 is 2.06 bits per heavy atom. The van der Waals surface area contributed by atoms with Crippen molar-refractivity contribution in [1.82, 2.24) is 10.6 Å². The fourth-order valence-electron chi connectivity index (χ4n) is 2.53. The Morgan fingerprint density at radius 1 is 1.31 bits per heavy atom. The van der Waals surface area contributed by atoms with E-state index in [-0.39, 0.29) is 5.92 Å². The molecule has 0 bridgehead atoms. The summed E-state index contributed by atoms with van der Waals surface area (Å²) >= 11 is 2.00. The lowest BCUT2D eigenvalue weighted by atomic mass is 9.92. The van der Waals surface area contributed by atoms with Gasteiger partial charge < -0.3 is 10.6 Å². The standard InChI is InChI=1S/C12H22N2OS/c1-9-8-10(2-5-13-9)12(15)14-11-3-6-16-7-4-11/h9-11,13H,2-8H2,1H3,(H,14,15). The lowest BCUT2D eigenvalue weighted by Crippen LogP contribution is -2.46. The molecule has 0 spiro atoms. The molecular formula is C12H22N2OS. The Bertz CT molecular complexity index is 241. The Labute approximate surface area is 102 Å². The van der Waals surface area contributed by atoms with Gasteiger partial charge in [0.1, 0.15) is 0 Å². The molecule has 2 heterocycles. The summed E-state index contributed by atoms with van der Waals surface area (Å²) in [6, 6.07) is 0.936. The summed E-state index contributed by atoms with van der Waals surface area (Å²) in [5.74, 6) is 2.94. The molecule has 92 valence electrons. The van der Waals surface area contributed by atoms with Crippen LogP contribution in [0.15, 0.2) is 0 Å². The zero-order valence-corrected chi connectivity index (χ0v) is 10.8. The normalized spacial score (nSPS) is 32.3. The average Bonchev–Trinajstić information content (AvgIpc) is 2.30. The monoisotopic (exact) mass is 242 g/mol. The van der Waals surface area contributed by atoms with Gasteiger partial charge >= 0.3 is 0 Å². The molecule has 16 heavy (non-hydrogen) atoms. The molecule has 2 unspecified atom stereocenters. The van der Waals surface area contributed by atoms with Gasteiger partial charge in [-0.1, -0.05) is 0 Å². The minimum Gasteiger partial charge on any atom is -0.353 e. The second kappa shape index (κ2) is 5.92. The van der Waals surface area contributed by atoms with Gasteiger partial charge in [-0.15, -0.1) is 0 Å². The van der Waals surface area contributed by atoms with E-state index in [0.29, 0.717) is 18.0 Å². The van der Waals surface area contributed by atoms with Crippen molar-refractivity contribution in [3.05, 3.63) is 0 Å². The molecule has 0 saturated carbocycles. The molecule has 3 nitrogen and oxygen atoms in total. The number of carbonyl (C=O) groups excluding carboxylic acids is 1. The van der Waals surface area contributed by atoms with Gasteiger partial charge in [0.2, 0.25) is 5.91 Å². The van der Waals surface area contributed by atoms with Crippen molar-refractivity contribution in [1.29, 1.82) is 0 Å². The lowest BCUT2D eigenvalue weighted by molar-refractivity contribution is -0.126. The first-order chi connectivity index (χ1) is 7.75. The first-order valence-electron chi connectivity index (χ1n) is 6.37. The minimum atomic E-state index is 0.242. The maximum atomic E-state index is 12.1. The van der Waals surface area contributed by atoms with Crippen molar-refractivity contribution in [2.45, 2.75) is 44.7 Å². The second-order valence-corrected chi connectivity index (χ2v) is 6.20. The molecule has 0 aromatic rings. The summed E-state index contributed by atoms with van der Waals surface area (Å²) in [7, 11) is 0. The van der Waals surface area contributed by atoms with Crippen molar-refractivity contribution in [3.63, 3.8) is 0 Å². The smallest absolute Gasteiger partial charge is 0.223 e. The van der Waals surface area contributed by atoms with E-state index >= 15 is 0 Å². The van der Waals surface area contributed by atoms with Crippen molar-refractivity contribution in [2.75, 3.05) is 18.1 Å². The number of piperidine rings is 1. The molecule has 2 fully saturated rings. The van der Waals surface area contributed by atoms with Crippen LogP contribution < -0.4 is 10.6 Å². The van der Waals surface area contributed by atoms with Crippen LogP contribution in [0.3, 0.4) is 0 Å². The van der Waals surface area contributed by atoms with Crippen LogP contribution in [0.25, 0.3) is 0 Å². The highest BCUT2D eigenvalue weighted by Gasteiger charge is 2.26. The summed E-state index contributed by atoms with van der Waals surface area (Å²) in [4.78, 5) is 12.1. The Morgan fingerprint density at radius 3 is 2.75 bits per heavy atom. The van der Waals surface area contributed by atoms with E-state index in [1.54, 1.807) is 0 Å². The van der Waals surface area contributed by atoms with Crippen LogP contribution >= 0.6 is 11.8 Å². The Kier molecular flexibility index (Phi) is 4.53. The molecule has 2 aliphatic rings. The quantitative estimate of drug-likeness (QED) is 0.769. The fourth-order valence-corrected chi connectivity index (χ4v) is 3.64. The Hall–Kier alpha value is -0.220. The molecule has 0 aliphatic carbocycles. The van der Waals surface area contributed by atoms with Crippen LogP contribution in [0.2, 0.25) is 0 Å². The van der Waals surface area contributed by atoms with E-state index in [2.05, 4.69) is 17.6 Å². The molecule has 2 rings (SSSR count). The summed E-state index contributed by atoms with van der Waals surface area (Å²) in [5, 5.41) is 6.62. The van der Waals surface area contributed by atoms with E-state index in [1.165, 1.54) is 11.5 Å². The molecule has 2 N–H and O–H groups in total. The van der Waals surface area contributed by atoms with Crippen molar-refractivity contribution >= 4 is 17.7 Å². The van der Waals surface area contributed by atoms with Crippen LogP contribution in [0, 0.1) is 5.92 Å². The third kappa shape index (κ3) is 3.39. The summed E-state index contributed by atoms with van der Waals surface area (Å²) in [6.07, 6.45) is 4.29. The average molecular weight is 242 g/mol. The number of rotatable bonds is 2. The Balaban J connectivity index is 1.77. The predicted octanol–water partition coefficient (Wildman–Crippen LogP) is 1.39. The second-order valence-electron chi connectivity index (χ2n) is 4.97. The van der Waals surface area contributed by atoms with Gasteiger partial charge in [0.25, 0.3) is 0 Å². The van der Waals surface area contributed by atoms with E-state index in [0.717, 1.165) is 32.2 Å². The van der Waals surface area contributed by atoms with Crippen LogP contribution in [0.1, 0.15) is 32.6 Å². The minimum absolute atomic E-state index is 0.242. The topological polar surface area (TPSA) is 41.1 Å². The molecule has 0 radical (unpaired) electrons. The van der Waals surface area contributed by atoms with Gasteiger partial charge in [-0.3, -0.25) is 4.79 Å². The largest absolute Gasteiger partial charge is 0.353 e. The maximum Gasteiger partial charge on any atom is 0.223 e. The number of hydrogen-bond donors (Lipinski definition) is 2. The lowest BCUT2D eigenvalue weighted by Gasteiger charge is -2.30. The highest BCUT2D eigenvalue weighted by atomic mass is 32.2. The van der Waals surface area contributed by atoms with E-state index in [9.17, 15) is 4.79 Å². The van der Waals surface area contributed by atoms with E-state index < -0.39 is 0 Å². The van der Waals surface area contributed by atoms with Crippen molar-refractivity contribution < 1.29 is 4.79 Å². The highest BCUT2D eigenvalue weighted by molar-refractivity contribution is 7.99. The van der Waals surface area contributed by atoms with Gasteiger partial charge in [0.15, 0.2) is 0 Å². The first kappa shape index (κ1) is 12.2. The van der Waals surface area contributed by atoms with E-state index in [4.69, 9.17) is 0 Å². The summed E-state index contributed by atoms with van der Waals surface area (Å²) < 4.78 is 0. The van der Waals surface area contributed by atoms with Gasteiger partial charge in [0.05, 0.1) is 0 Å². The molecule has 4 heteroatoms. The molecule has 1 amide bonds. The predicted molar refractivity (Wildman–Crippen MR) is 68.7 cm³/mol. The number of carbonyl (C=O) groups is 1. The number of amides is 1. The van der Waals surface area contributed by atoms with Crippen molar-refractivity contribution in [2.24, 2.45) is 5.92 Å². The molecule has 2 atom stereocenters. The number of hydrogen-bond acceptors (Lipinski definition) is 3. The van der Waals surface area contributed by atoms with Crippen molar-refractivity contribution in [3.8, 4) is 0 Å². The summed E-state index contributed by atoms with van der Waals surface area (Å²) in [5.41, 5.74) is 0. The van der Waals surface area contributed by atoms with Crippen LogP contribution in [0.4, 0.5) is 0 Å². The van der Waals surface area contributed by atoms with Gasteiger partial charge in [-0.2, -0.15) is 11.8 Å². The molecule has 0 aromatic carbocycles. The van der Waals surface area contributed by atoms with Gasteiger partial charge in [-0.05, 0) is 50.7 Å². The molecular weight excluding hydrogens is 220 g/mol. The van der Waals surface area contributed by atoms with Gasteiger partial charge in [-0.25, -0.2) is 0 Å². The number of thioether (sulfide) groups is 1. The SMILES string of the molecule is CC1CC(C(=O)NC2CCSCC2)CCN1. The third-order valence-corrected chi connectivity index (χ3v) is 4.61.